The summed E-state index contributed by atoms with van der Waals surface area (Å²) in [6.07, 6.45) is -4.43. The predicted molar refractivity (Wildman–Crippen MR) is 108 cm³/mol. The Morgan fingerprint density at radius 3 is 2.73 bits per heavy atom. The Kier molecular flexibility index (Phi) is 6.45. The number of carbonyl (C=O) groups excluding carboxylic acids is 1. The third-order valence-electron chi connectivity index (χ3n) is 4.66. The first-order valence-corrected chi connectivity index (χ1v) is 12.4. The third kappa shape index (κ3) is 4.96. The topological polar surface area (TPSA) is 91.1 Å². The van der Waals surface area contributed by atoms with Crippen LogP contribution in [0.15, 0.2) is 28.6 Å². The molecular weight excluding hydrogens is 459 g/mol. The number of carbonyl (C=O) groups is 1. The van der Waals surface area contributed by atoms with Crippen molar-refractivity contribution in [3.63, 3.8) is 0 Å². The molecule has 1 fully saturated rings. The second kappa shape index (κ2) is 8.56. The summed E-state index contributed by atoms with van der Waals surface area (Å²) >= 11 is 1.95. The number of sulfone groups is 1. The van der Waals surface area contributed by atoms with Gasteiger partial charge in [-0.3, -0.25) is 4.79 Å². The van der Waals surface area contributed by atoms with Crippen LogP contribution in [0.5, 0.6) is 0 Å². The Morgan fingerprint density at radius 1 is 1.47 bits per heavy atom. The van der Waals surface area contributed by atoms with Gasteiger partial charge in [0.05, 0.1) is 39.0 Å². The molecule has 1 saturated heterocycles. The van der Waals surface area contributed by atoms with Gasteiger partial charge in [0.15, 0.2) is 9.84 Å². The summed E-state index contributed by atoms with van der Waals surface area (Å²) in [5, 5.41) is 10.8. The van der Waals surface area contributed by atoms with E-state index in [1.807, 2.05) is 0 Å². The highest BCUT2D eigenvalue weighted by Gasteiger charge is 2.37. The molecule has 3 rings (SSSR count). The molecule has 1 amide bonds. The van der Waals surface area contributed by atoms with Crippen LogP contribution in [0.2, 0.25) is 0 Å². The normalized spacial score (nSPS) is 18.2. The maximum Gasteiger partial charge on any atom is 0.417 e. The second-order valence-electron chi connectivity index (χ2n) is 6.67. The van der Waals surface area contributed by atoms with Crippen LogP contribution in [-0.2, 0) is 20.8 Å². The fourth-order valence-corrected chi connectivity index (χ4v) is 6.41. The molecule has 2 aromatic rings. The van der Waals surface area contributed by atoms with Crippen molar-refractivity contribution in [2.75, 3.05) is 24.3 Å². The molecule has 30 heavy (non-hydrogen) atoms. The van der Waals surface area contributed by atoms with E-state index in [0.717, 1.165) is 17.8 Å². The molecule has 0 N–H and O–H groups in total. The van der Waals surface area contributed by atoms with Gasteiger partial charge in [0.2, 0.25) is 5.91 Å². The van der Waals surface area contributed by atoms with E-state index in [9.17, 15) is 31.6 Å². The highest BCUT2D eigenvalue weighted by molar-refractivity contribution is 8.00. The molecule has 0 saturated carbocycles. The largest absolute Gasteiger partial charge is 0.417 e. The molecule has 6 nitrogen and oxygen atoms in total. The lowest BCUT2D eigenvalue weighted by atomic mass is 10.1. The van der Waals surface area contributed by atoms with E-state index in [0.29, 0.717) is 11.3 Å². The van der Waals surface area contributed by atoms with Crippen molar-refractivity contribution in [1.82, 2.24) is 9.88 Å². The van der Waals surface area contributed by atoms with E-state index in [4.69, 9.17) is 0 Å². The Morgan fingerprint density at radius 2 is 2.20 bits per heavy atom. The molecule has 0 radical (unpaired) electrons. The summed E-state index contributed by atoms with van der Waals surface area (Å²) in [4.78, 5) is 18.5. The zero-order chi connectivity index (χ0) is 22.1. The van der Waals surface area contributed by atoms with Crippen molar-refractivity contribution in [3.8, 4) is 16.6 Å². The van der Waals surface area contributed by atoms with Crippen molar-refractivity contribution < 1.29 is 26.4 Å². The van der Waals surface area contributed by atoms with Crippen molar-refractivity contribution in [1.29, 1.82) is 5.26 Å². The Balaban J connectivity index is 1.87. The van der Waals surface area contributed by atoms with E-state index < -0.39 is 39.1 Å². The Bertz CT molecular complexity index is 1090. The number of pyridine rings is 1. The highest BCUT2D eigenvalue weighted by atomic mass is 32.2. The number of alkyl halides is 3. The van der Waals surface area contributed by atoms with Gasteiger partial charge in [0.25, 0.3) is 0 Å². The maximum absolute atomic E-state index is 13.5. The van der Waals surface area contributed by atoms with Crippen LogP contribution in [0.4, 0.5) is 13.2 Å². The lowest BCUT2D eigenvalue weighted by Crippen LogP contribution is -2.38. The van der Waals surface area contributed by atoms with Gasteiger partial charge in [0.1, 0.15) is 11.1 Å². The van der Waals surface area contributed by atoms with Crippen LogP contribution >= 0.6 is 23.1 Å². The minimum absolute atomic E-state index is 0.000364. The minimum Gasteiger partial charge on any atom is -0.341 e. The number of halogens is 3. The number of thioether (sulfide) groups is 1. The first-order chi connectivity index (χ1) is 14.0. The highest BCUT2D eigenvalue weighted by Crippen LogP contribution is 2.38. The maximum atomic E-state index is 13.5. The molecule has 0 bridgehead atoms. The number of nitrogens with zero attached hydrogens (tertiary/aromatic N) is 3. The predicted octanol–water partition coefficient (Wildman–Crippen LogP) is 3.44. The van der Waals surface area contributed by atoms with E-state index >= 15 is 0 Å². The van der Waals surface area contributed by atoms with Gasteiger partial charge in [-0.1, -0.05) is 17.8 Å². The van der Waals surface area contributed by atoms with Crippen molar-refractivity contribution in [2.24, 2.45) is 0 Å². The third-order valence-corrected chi connectivity index (χ3v) is 8.26. The van der Waals surface area contributed by atoms with Gasteiger partial charge in [-0.2, -0.15) is 18.4 Å². The molecule has 3 heterocycles. The number of amides is 1. The molecule has 0 unspecified atom stereocenters. The van der Waals surface area contributed by atoms with E-state index in [-0.39, 0.29) is 28.0 Å². The molecule has 1 aliphatic rings. The van der Waals surface area contributed by atoms with E-state index in [2.05, 4.69) is 4.98 Å². The van der Waals surface area contributed by atoms with Crippen LogP contribution in [0.3, 0.4) is 0 Å². The van der Waals surface area contributed by atoms with Gasteiger partial charge in [-0.25, -0.2) is 13.4 Å². The fourth-order valence-electron chi connectivity index (χ4n) is 3.02. The van der Waals surface area contributed by atoms with Crippen molar-refractivity contribution in [2.45, 2.75) is 23.7 Å². The molecule has 0 aliphatic carbocycles. The van der Waals surface area contributed by atoms with Gasteiger partial charge >= 0.3 is 6.18 Å². The molecule has 12 heteroatoms. The molecule has 160 valence electrons. The standard InChI is InChI=1S/C18H16F3N3O3S3/c1-24(11-4-6-30(26,27)10-11)16(25)9-29-17-12(8-22)13(18(19,20)21)7-14(23-17)15-3-2-5-28-15/h2-3,5,7,11H,4,6,9-10H2,1H3/t11-/m1/s1. The fraction of sp³-hybridized carbons (Fsp3) is 0.389. The van der Waals surface area contributed by atoms with Gasteiger partial charge in [0, 0.05) is 13.1 Å². The molecule has 0 aromatic carbocycles. The van der Waals surface area contributed by atoms with Crippen molar-refractivity contribution >= 4 is 38.8 Å². The van der Waals surface area contributed by atoms with Gasteiger partial charge in [-0.05, 0) is 23.9 Å². The Hall–Kier alpha value is -2.10. The van der Waals surface area contributed by atoms with E-state index in [1.54, 1.807) is 23.6 Å². The van der Waals surface area contributed by atoms with E-state index in [1.165, 1.54) is 23.3 Å². The van der Waals surface area contributed by atoms with Crippen LogP contribution in [0, 0.1) is 11.3 Å². The van der Waals surface area contributed by atoms with Crippen LogP contribution in [-0.4, -0.2) is 54.6 Å². The first-order valence-electron chi connectivity index (χ1n) is 8.67. The van der Waals surface area contributed by atoms with Crippen LogP contribution < -0.4 is 0 Å². The monoisotopic (exact) mass is 475 g/mol. The summed E-state index contributed by atoms with van der Waals surface area (Å²) in [5.41, 5.74) is -1.66. The van der Waals surface area contributed by atoms with Crippen LogP contribution in [0.25, 0.3) is 10.6 Å². The average Bonchev–Trinajstić information content (AvgIpc) is 3.33. The second-order valence-corrected chi connectivity index (χ2v) is 10.8. The Labute approximate surface area is 179 Å². The zero-order valence-corrected chi connectivity index (χ0v) is 18.1. The SMILES string of the molecule is CN(C(=O)CSc1nc(-c2cccs2)cc(C(F)(F)F)c1C#N)[C@@H]1CCS(=O)(=O)C1. The summed E-state index contributed by atoms with van der Waals surface area (Å²) in [6.45, 7) is 0. The molecular formula is C18H16F3N3O3S3. The summed E-state index contributed by atoms with van der Waals surface area (Å²) in [5.74, 6) is -0.837. The smallest absolute Gasteiger partial charge is 0.341 e. The summed E-state index contributed by atoms with van der Waals surface area (Å²) in [7, 11) is -1.72. The summed E-state index contributed by atoms with van der Waals surface area (Å²) < 4.78 is 63.8. The van der Waals surface area contributed by atoms with Crippen LogP contribution in [0.1, 0.15) is 17.5 Å². The number of nitriles is 1. The number of aromatic nitrogens is 1. The zero-order valence-electron chi connectivity index (χ0n) is 15.6. The minimum atomic E-state index is -4.76. The lowest BCUT2D eigenvalue weighted by molar-refractivity contribution is -0.138. The average molecular weight is 476 g/mol. The van der Waals surface area contributed by atoms with Crippen molar-refractivity contribution in [3.05, 3.63) is 34.7 Å². The molecule has 0 spiro atoms. The molecule has 1 aliphatic heterocycles. The molecule has 2 aromatic heterocycles. The number of hydrogen-bond acceptors (Lipinski definition) is 7. The number of rotatable bonds is 5. The number of thiophene rings is 1. The van der Waals surface area contributed by atoms with Gasteiger partial charge < -0.3 is 4.90 Å². The lowest BCUT2D eigenvalue weighted by Gasteiger charge is -2.23. The molecule has 1 atom stereocenters. The quantitative estimate of drug-likeness (QED) is 0.616. The summed E-state index contributed by atoms with van der Waals surface area (Å²) in [6, 6.07) is 5.23. The first kappa shape index (κ1) is 22.6. The van der Waals surface area contributed by atoms with Gasteiger partial charge in [-0.15, -0.1) is 11.3 Å². The number of hydrogen-bond donors (Lipinski definition) is 0.